The molecule has 0 fully saturated rings. The van der Waals surface area contributed by atoms with Crippen molar-refractivity contribution in [2.75, 3.05) is 13.2 Å². The van der Waals surface area contributed by atoms with Crippen LogP contribution < -0.4 is 0 Å². The van der Waals surface area contributed by atoms with Crippen molar-refractivity contribution < 1.29 is 14.1 Å². The van der Waals surface area contributed by atoms with Crippen LogP contribution in [0.4, 0.5) is 0 Å². The van der Waals surface area contributed by atoms with Crippen LogP contribution >= 0.6 is 11.6 Å². The average Bonchev–Trinajstić information content (AvgIpc) is 2.95. The molecule has 1 aliphatic rings. The summed E-state index contributed by atoms with van der Waals surface area (Å²) in [6, 6.07) is 7.57. The maximum Gasteiger partial charge on any atom is 0.184 e. The Bertz CT molecular complexity index is 696. The highest BCUT2D eigenvalue weighted by Gasteiger charge is 2.30. The van der Waals surface area contributed by atoms with E-state index >= 15 is 0 Å². The lowest BCUT2D eigenvalue weighted by Gasteiger charge is -2.22. The highest BCUT2D eigenvalue weighted by atomic mass is 35.5. The van der Waals surface area contributed by atoms with Crippen molar-refractivity contribution in [3.63, 3.8) is 0 Å². The molecule has 0 aliphatic carbocycles. The van der Waals surface area contributed by atoms with Gasteiger partial charge in [0.05, 0.1) is 6.61 Å². The van der Waals surface area contributed by atoms with E-state index in [-0.39, 0.29) is 6.10 Å². The molecular formula is C16H15ClN2O3. The number of aromatic nitrogens is 1. The van der Waals surface area contributed by atoms with E-state index in [4.69, 9.17) is 25.7 Å². The number of rotatable bonds is 5. The molecule has 3 rings (SSSR count). The van der Waals surface area contributed by atoms with Crippen LogP contribution in [0, 0.1) is 0 Å². The predicted molar refractivity (Wildman–Crippen MR) is 83.2 cm³/mol. The van der Waals surface area contributed by atoms with E-state index in [1.54, 1.807) is 6.08 Å². The van der Waals surface area contributed by atoms with E-state index in [0.29, 0.717) is 30.4 Å². The van der Waals surface area contributed by atoms with Gasteiger partial charge in [0.15, 0.2) is 5.76 Å². The summed E-state index contributed by atoms with van der Waals surface area (Å²) in [5, 5.41) is 8.61. The molecule has 0 saturated heterocycles. The largest absolute Gasteiger partial charge is 0.391 e. The first kappa shape index (κ1) is 14.8. The maximum absolute atomic E-state index is 6.26. The van der Waals surface area contributed by atoms with E-state index in [1.165, 1.54) is 6.21 Å². The van der Waals surface area contributed by atoms with Gasteiger partial charge in [0.25, 0.3) is 0 Å². The highest BCUT2D eigenvalue weighted by molar-refractivity contribution is 6.31. The fourth-order valence-electron chi connectivity index (χ4n) is 2.36. The zero-order valence-electron chi connectivity index (χ0n) is 11.9. The number of fused-ring (bicyclic) bond motifs is 1. The number of oxime groups is 1. The lowest BCUT2D eigenvalue weighted by Crippen LogP contribution is -2.17. The summed E-state index contributed by atoms with van der Waals surface area (Å²) in [4.78, 5) is 4.99. The molecule has 5 nitrogen and oxygen atoms in total. The Hall–Kier alpha value is -2.11. The summed E-state index contributed by atoms with van der Waals surface area (Å²) in [7, 11) is 0. The molecular weight excluding hydrogens is 304 g/mol. The van der Waals surface area contributed by atoms with Gasteiger partial charge in [-0.1, -0.05) is 52.8 Å². The predicted octanol–water partition coefficient (Wildman–Crippen LogP) is 3.53. The van der Waals surface area contributed by atoms with Crippen LogP contribution in [0.3, 0.4) is 0 Å². The summed E-state index contributed by atoms with van der Waals surface area (Å²) in [6.07, 6.45) is 3.53. The number of halogens is 1. The molecule has 2 aromatic rings. The minimum atomic E-state index is -0.322. The van der Waals surface area contributed by atoms with E-state index in [9.17, 15) is 0 Å². The van der Waals surface area contributed by atoms with Gasteiger partial charge in [-0.05, 0) is 6.07 Å². The van der Waals surface area contributed by atoms with Crippen LogP contribution in [0.1, 0.15) is 28.7 Å². The third-order valence-corrected chi connectivity index (χ3v) is 3.70. The molecule has 0 bridgehead atoms. The molecule has 0 radical (unpaired) electrons. The number of hydrogen-bond donors (Lipinski definition) is 0. The SMILES string of the molecule is C=CCO/N=C/c1onc2c1CCOC2c1ccccc1Cl. The summed E-state index contributed by atoms with van der Waals surface area (Å²) < 4.78 is 11.2. The van der Waals surface area contributed by atoms with E-state index in [1.807, 2.05) is 24.3 Å². The molecule has 0 N–H and O–H groups in total. The minimum Gasteiger partial charge on any atom is -0.391 e. The summed E-state index contributed by atoms with van der Waals surface area (Å²) in [5.74, 6) is 0.583. The summed E-state index contributed by atoms with van der Waals surface area (Å²) in [6.45, 7) is 4.47. The van der Waals surface area contributed by atoms with Crippen LogP contribution in [-0.2, 0) is 16.0 Å². The van der Waals surface area contributed by atoms with Crippen LogP contribution in [0.5, 0.6) is 0 Å². The number of ether oxygens (including phenoxy) is 1. The molecule has 1 atom stereocenters. The lowest BCUT2D eigenvalue weighted by molar-refractivity contribution is 0.0657. The smallest absolute Gasteiger partial charge is 0.184 e. The first-order valence-corrected chi connectivity index (χ1v) is 7.29. The van der Waals surface area contributed by atoms with Gasteiger partial charge in [0, 0.05) is 22.6 Å². The van der Waals surface area contributed by atoms with Crippen molar-refractivity contribution in [1.29, 1.82) is 0 Å². The molecule has 0 amide bonds. The second kappa shape index (κ2) is 6.77. The second-order valence-corrected chi connectivity index (χ2v) is 5.16. The van der Waals surface area contributed by atoms with Crippen molar-refractivity contribution >= 4 is 17.8 Å². The summed E-state index contributed by atoms with van der Waals surface area (Å²) >= 11 is 6.26. The number of nitrogens with zero attached hydrogens (tertiary/aromatic N) is 2. The molecule has 1 unspecified atom stereocenters. The third kappa shape index (κ3) is 2.91. The van der Waals surface area contributed by atoms with E-state index < -0.39 is 0 Å². The molecule has 1 aromatic heterocycles. The molecule has 0 saturated carbocycles. The van der Waals surface area contributed by atoms with Gasteiger partial charge in [0.1, 0.15) is 24.6 Å². The van der Waals surface area contributed by atoms with Crippen molar-refractivity contribution in [1.82, 2.24) is 5.16 Å². The van der Waals surface area contributed by atoms with Gasteiger partial charge in [0.2, 0.25) is 0 Å². The Kier molecular flexibility index (Phi) is 4.56. The first-order valence-electron chi connectivity index (χ1n) is 6.92. The van der Waals surface area contributed by atoms with Crippen LogP contribution in [0.2, 0.25) is 5.02 Å². The monoisotopic (exact) mass is 318 g/mol. The van der Waals surface area contributed by atoms with E-state index in [0.717, 1.165) is 16.8 Å². The molecule has 22 heavy (non-hydrogen) atoms. The van der Waals surface area contributed by atoms with Gasteiger partial charge in [-0.15, -0.1) is 0 Å². The average molecular weight is 319 g/mol. The quantitative estimate of drug-likeness (QED) is 0.366. The fraction of sp³-hybridized carbons (Fsp3) is 0.250. The Morgan fingerprint density at radius 2 is 2.32 bits per heavy atom. The lowest BCUT2D eigenvalue weighted by atomic mass is 9.98. The standard InChI is InChI=1S/C16H15ClN2O3/c1-2-8-21-18-10-14-12-7-9-20-16(15(12)19-22-14)11-5-3-4-6-13(11)17/h2-6,10,16H,1,7-9H2/b18-10+. The maximum atomic E-state index is 6.26. The fourth-order valence-corrected chi connectivity index (χ4v) is 2.59. The van der Waals surface area contributed by atoms with Gasteiger partial charge in [-0.25, -0.2) is 0 Å². The van der Waals surface area contributed by atoms with Crippen LogP contribution in [0.15, 0.2) is 46.6 Å². The van der Waals surface area contributed by atoms with Crippen LogP contribution in [-0.4, -0.2) is 24.6 Å². The van der Waals surface area contributed by atoms with E-state index in [2.05, 4.69) is 16.9 Å². The summed E-state index contributed by atoms with van der Waals surface area (Å²) in [5.41, 5.74) is 2.59. The van der Waals surface area contributed by atoms with Crippen LogP contribution in [0.25, 0.3) is 0 Å². The second-order valence-electron chi connectivity index (χ2n) is 4.75. The zero-order valence-corrected chi connectivity index (χ0v) is 12.6. The third-order valence-electron chi connectivity index (χ3n) is 3.36. The molecule has 6 heteroatoms. The molecule has 0 spiro atoms. The molecule has 2 heterocycles. The van der Waals surface area contributed by atoms with Gasteiger partial charge in [-0.2, -0.15) is 0 Å². The highest BCUT2D eigenvalue weighted by Crippen LogP contribution is 2.36. The topological polar surface area (TPSA) is 56.9 Å². The number of benzene rings is 1. The van der Waals surface area contributed by atoms with Crippen molar-refractivity contribution in [2.24, 2.45) is 5.16 Å². The first-order chi connectivity index (χ1) is 10.8. The molecule has 1 aliphatic heterocycles. The van der Waals surface area contributed by atoms with Gasteiger partial charge >= 0.3 is 0 Å². The van der Waals surface area contributed by atoms with Gasteiger partial charge < -0.3 is 14.1 Å². The Morgan fingerprint density at radius 3 is 3.14 bits per heavy atom. The van der Waals surface area contributed by atoms with Gasteiger partial charge in [-0.3, -0.25) is 0 Å². The number of hydrogen-bond acceptors (Lipinski definition) is 5. The van der Waals surface area contributed by atoms with Crippen molar-refractivity contribution in [3.05, 3.63) is 64.5 Å². The minimum absolute atomic E-state index is 0.322. The normalized spacial score (nSPS) is 17.4. The van der Waals surface area contributed by atoms with Crippen molar-refractivity contribution in [3.8, 4) is 0 Å². The Labute approximate surface area is 133 Å². The Balaban J connectivity index is 1.89. The molecule has 114 valence electrons. The molecule has 1 aromatic carbocycles. The van der Waals surface area contributed by atoms with Crippen molar-refractivity contribution in [2.45, 2.75) is 12.5 Å². The Morgan fingerprint density at radius 1 is 1.45 bits per heavy atom. The zero-order chi connectivity index (χ0) is 15.4.